The molecule has 1 aliphatic carbocycles. The van der Waals surface area contributed by atoms with E-state index in [0.717, 1.165) is 37.7 Å². The lowest BCUT2D eigenvalue weighted by Crippen LogP contribution is -2.17. The zero-order chi connectivity index (χ0) is 19.1. The molecule has 1 saturated heterocycles. The first kappa shape index (κ1) is 20.2. The Bertz CT molecular complexity index is 651. The Kier molecular flexibility index (Phi) is 7.43. The van der Waals surface area contributed by atoms with Crippen LogP contribution in [0.4, 0.5) is 0 Å². The maximum Gasteiger partial charge on any atom is 0.334 e. The van der Waals surface area contributed by atoms with Crippen LogP contribution in [0.25, 0.3) is 0 Å². The topological polar surface area (TPSA) is 52.6 Å². The first-order valence-corrected chi connectivity index (χ1v) is 9.39. The highest BCUT2D eigenvalue weighted by Crippen LogP contribution is 2.34. The van der Waals surface area contributed by atoms with Gasteiger partial charge in [0.25, 0.3) is 0 Å². The first-order valence-electron chi connectivity index (χ1n) is 9.39. The number of carbonyl (C=O) groups excluding carboxylic acids is 2. The smallest absolute Gasteiger partial charge is 0.334 e. The van der Waals surface area contributed by atoms with Gasteiger partial charge >= 0.3 is 11.9 Å². The van der Waals surface area contributed by atoms with Crippen molar-refractivity contribution < 1.29 is 19.1 Å². The summed E-state index contributed by atoms with van der Waals surface area (Å²) in [6, 6.07) is 0. The van der Waals surface area contributed by atoms with Crippen LogP contribution in [0.15, 0.2) is 47.1 Å². The van der Waals surface area contributed by atoms with Gasteiger partial charge in [0.1, 0.15) is 12.7 Å². The molecule has 1 aliphatic heterocycles. The molecule has 0 radical (unpaired) electrons. The number of ether oxygens (including phenoxy) is 2. The molecule has 4 heteroatoms. The van der Waals surface area contributed by atoms with E-state index in [1.165, 1.54) is 18.1 Å². The molecule has 0 N–H and O–H groups in total. The minimum atomic E-state index is -0.287. The molecule has 0 bridgehead atoms. The number of hydrogen-bond acceptors (Lipinski definition) is 4. The molecule has 2 rings (SSSR count). The summed E-state index contributed by atoms with van der Waals surface area (Å²) >= 11 is 0. The normalized spacial score (nSPS) is 31.3. The van der Waals surface area contributed by atoms with Crippen LogP contribution in [0.1, 0.15) is 59.3 Å². The van der Waals surface area contributed by atoms with Crippen molar-refractivity contribution in [2.24, 2.45) is 5.92 Å². The molecular weight excluding hydrogens is 328 g/mol. The lowest BCUT2D eigenvalue weighted by molar-refractivity contribution is -0.140. The van der Waals surface area contributed by atoms with Crippen molar-refractivity contribution in [3.05, 3.63) is 47.1 Å². The molecule has 0 amide bonds. The van der Waals surface area contributed by atoms with Gasteiger partial charge in [0.05, 0.1) is 0 Å². The Morgan fingerprint density at radius 1 is 1.19 bits per heavy atom. The minimum Gasteiger partial charge on any atom is -0.461 e. The van der Waals surface area contributed by atoms with Gasteiger partial charge in [-0.3, -0.25) is 4.79 Å². The molecule has 0 unspecified atom stereocenters. The average Bonchev–Trinajstić information content (AvgIpc) is 2.83. The van der Waals surface area contributed by atoms with Gasteiger partial charge in [-0.1, -0.05) is 36.0 Å². The van der Waals surface area contributed by atoms with Crippen molar-refractivity contribution in [1.29, 1.82) is 0 Å². The quantitative estimate of drug-likeness (QED) is 0.403. The third kappa shape index (κ3) is 6.01. The summed E-state index contributed by atoms with van der Waals surface area (Å²) in [7, 11) is 0. The second-order valence-electron chi connectivity index (χ2n) is 7.34. The molecule has 0 aromatic heterocycles. The highest BCUT2D eigenvalue weighted by molar-refractivity contribution is 5.90. The van der Waals surface area contributed by atoms with Gasteiger partial charge in [0.2, 0.25) is 0 Å². The second-order valence-corrected chi connectivity index (χ2v) is 7.34. The molecule has 0 spiro atoms. The fraction of sp³-hybridized carbons (Fsp3) is 0.545. The van der Waals surface area contributed by atoms with Crippen LogP contribution in [0.5, 0.6) is 0 Å². The molecule has 0 saturated carbocycles. The van der Waals surface area contributed by atoms with E-state index in [0.29, 0.717) is 18.6 Å². The van der Waals surface area contributed by atoms with Crippen molar-refractivity contribution in [2.75, 3.05) is 6.61 Å². The number of fused-ring (bicyclic) bond motifs is 1. The molecule has 1 heterocycles. The Morgan fingerprint density at radius 3 is 2.62 bits per heavy atom. The van der Waals surface area contributed by atoms with Crippen molar-refractivity contribution in [1.82, 2.24) is 0 Å². The highest BCUT2D eigenvalue weighted by Gasteiger charge is 2.37. The van der Waals surface area contributed by atoms with Crippen molar-refractivity contribution in [3.8, 4) is 0 Å². The summed E-state index contributed by atoms with van der Waals surface area (Å²) in [4.78, 5) is 23.2. The molecule has 2 atom stereocenters. The fourth-order valence-electron chi connectivity index (χ4n) is 3.42. The van der Waals surface area contributed by atoms with E-state index in [9.17, 15) is 9.59 Å². The predicted octanol–water partition coefficient (Wildman–Crippen LogP) is 4.82. The summed E-state index contributed by atoms with van der Waals surface area (Å²) in [5, 5.41) is 0. The predicted molar refractivity (Wildman–Crippen MR) is 102 cm³/mol. The van der Waals surface area contributed by atoms with E-state index >= 15 is 0 Å². The number of rotatable bonds is 2. The maximum atomic E-state index is 12.0. The van der Waals surface area contributed by atoms with E-state index in [1.807, 2.05) is 0 Å². The van der Waals surface area contributed by atoms with Crippen molar-refractivity contribution in [3.63, 3.8) is 0 Å². The minimum absolute atomic E-state index is 0.0154. The summed E-state index contributed by atoms with van der Waals surface area (Å²) < 4.78 is 10.8. The van der Waals surface area contributed by atoms with E-state index in [4.69, 9.17) is 9.47 Å². The molecular formula is C22H30O4. The van der Waals surface area contributed by atoms with Crippen LogP contribution in [0.3, 0.4) is 0 Å². The Hall–Kier alpha value is -2.10. The zero-order valence-corrected chi connectivity index (χ0v) is 16.2. The number of hydrogen-bond donors (Lipinski definition) is 0. The number of esters is 2. The SMILES string of the molecule is C=C1C(=O)O[C@H]2C/C(C)=C/CC/C(C)=C\CC/C(COC(C)=O)=C/C[C@H]12. The van der Waals surface area contributed by atoms with Gasteiger partial charge in [-0.05, 0) is 51.5 Å². The number of allylic oxidation sites excluding steroid dienone is 4. The average molecular weight is 358 g/mol. The Morgan fingerprint density at radius 2 is 1.88 bits per heavy atom. The fourth-order valence-corrected chi connectivity index (χ4v) is 3.42. The van der Waals surface area contributed by atoms with Gasteiger partial charge in [-0.2, -0.15) is 0 Å². The van der Waals surface area contributed by atoms with E-state index in [2.05, 4.69) is 38.7 Å². The lowest BCUT2D eigenvalue weighted by atomic mass is 9.88. The van der Waals surface area contributed by atoms with Gasteiger partial charge in [-0.15, -0.1) is 0 Å². The lowest BCUT2D eigenvalue weighted by Gasteiger charge is -2.18. The third-order valence-corrected chi connectivity index (χ3v) is 5.05. The monoisotopic (exact) mass is 358 g/mol. The van der Waals surface area contributed by atoms with Gasteiger partial charge in [-0.25, -0.2) is 4.79 Å². The Labute approximate surface area is 156 Å². The van der Waals surface area contributed by atoms with Gasteiger partial charge in [0.15, 0.2) is 0 Å². The van der Waals surface area contributed by atoms with E-state index in [-0.39, 0.29) is 24.0 Å². The van der Waals surface area contributed by atoms with Crippen LogP contribution < -0.4 is 0 Å². The van der Waals surface area contributed by atoms with Crippen LogP contribution in [0.2, 0.25) is 0 Å². The van der Waals surface area contributed by atoms with E-state index in [1.54, 1.807) is 0 Å². The van der Waals surface area contributed by atoms with Crippen molar-refractivity contribution >= 4 is 11.9 Å². The zero-order valence-electron chi connectivity index (χ0n) is 16.2. The molecule has 1 fully saturated rings. The highest BCUT2D eigenvalue weighted by atomic mass is 16.6. The number of carbonyl (C=O) groups is 2. The molecule has 4 nitrogen and oxygen atoms in total. The maximum absolute atomic E-state index is 12.0. The van der Waals surface area contributed by atoms with Crippen molar-refractivity contribution in [2.45, 2.75) is 65.4 Å². The third-order valence-electron chi connectivity index (χ3n) is 5.05. The van der Waals surface area contributed by atoms with E-state index < -0.39 is 0 Å². The summed E-state index contributed by atoms with van der Waals surface area (Å²) in [6.45, 7) is 9.92. The van der Waals surface area contributed by atoms with Crippen LogP contribution >= 0.6 is 0 Å². The van der Waals surface area contributed by atoms with Gasteiger partial charge in [0, 0.05) is 24.8 Å². The summed E-state index contributed by atoms with van der Waals surface area (Å²) in [6.07, 6.45) is 11.7. The second kappa shape index (κ2) is 9.56. The Balaban J connectivity index is 2.22. The molecule has 142 valence electrons. The molecule has 2 aliphatic rings. The largest absolute Gasteiger partial charge is 0.461 e. The molecule has 0 aromatic carbocycles. The van der Waals surface area contributed by atoms with Crippen LogP contribution in [0, 0.1) is 5.92 Å². The first-order chi connectivity index (χ1) is 12.4. The molecule has 0 aromatic rings. The molecule has 26 heavy (non-hydrogen) atoms. The summed E-state index contributed by atoms with van der Waals surface area (Å²) in [5.74, 6) is -0.581. The summed E-state index contributed by atoms with van der Waals surface area (Å²) in [5.41, 5.74) is 4.25. The van der Waals surface area contributed by atoms with Gasteiger partial charge < -0.3 is 9.47 Å². The van der Waals surface area contributed by atoms with Crippen LogP contribution in [-0.2, 0) is 19.1 Å². The van der Waals surface area contributed by atoms with Crippen LogP contribution in [-0.4, -0.2) is 24.6 Å². The standard InChI is InChI=1S/C22H30O4/c1-15-7-5-9-16(2)13-21-20(17(3)22(24)26-21)12-11-19(10-6-8-15)14-25-18(4)23/h8-9,11,20-21H,3,5-7,10,12-14H2,1-2,4H3/b15-8-,16-9+,19-11-/t20-,21+/m1/s1.